The molecule has 0 N–H and O–H groups in total. The van der Waals surface area contributed by atoms with E-state index < -0.39 is 5.97 Å². The smallest absolute Gasteiger partial charge is 0.361 e. The quantitative estimate of drug-likeness (QED) is 0.557. The molecule has 0 spiro atoms. The minimum atomic E-state index is -0.437. The van der Waals surface area contributed by atoms with Gasteiger partial charge in [-0.25, -0.2) is 9.48 Å². The zero-order valence-electron chi connectivity index (χ0n) is 12.0. The summed E-state index contributed by atoms with van der Waals surface area (Å²) >= 11 is 0. The van der Waals surface area contributed by atoms with E-state index in [9.17, 15) is 4.79 Å². The Morgan fingerprint density at radius 1 is 1.40 bits per heavy atom. The van der Waals surface area contributed by atoms with Gasteiger partial charge in [-0.3, -0.25) is 0 Å². The molecule has 0 atom stereocenters. The Kier molecular flexibility index (Phi) is 5.29. The lowest BCUT2D eigenvalue weighted by molar-refractivity contribution is 0.0542. The van der Waals surface area contributed by atoms with E-state index in [1.807, 2.05) is 6.92 Å². The van der Waals surface area contributed by atoms with Crippen molar-refractivity contribution in [2.45, 2.75) is 32.7 Å². The number of likely N-dealkylation sites (tertiary alicyclic amines) is 1. The van der Waals surface area contributed by atoms with E-state index in [0.717, 1.165) is 25.2 Å². The molecule has 2 heterocycles. The number of hydrogen-bond acceptors (Lipinski definition) is 5. The Bertz CT molecular complexity index is 464. The van der Waals surface area contributed by atoms with Gasteiger partial charge >= 0.3 is 5.97 Å². The fourth-order valence-electron chi connectivity index (χ4n) is 2.41. The topological polar surface area (TPSA) is 60.2 Å². The zero-order valence-corrected chi connectivity index (χ0v) is 12.0. The highest BCUT2D eigenvalue weighted by Gasteiger charge is 2.17. The number of nitrogens with zero attached hydrogens (tertiary/aromatic N) is 4. The van der Waals surface area contributed by atoms with Crippen molar-refractivity contribution in [1.29, 1.82) is 0 Å². The Balaban J connectivity index is 1.84. The molecule has 1 aromatic heterocycles. The largest absolute Gasteiger partial charge is 0.457 e. The van der Waals surface area contributed by atoms with Crippen LogP contribution in [0.15, 0.2) is 12.7 Å². The molecule has 0 radical (unpaired) electrons. The molecule has 0 aromatic carbocycles. The van der Waals surface area contributed by atoms with Crippen molar-refractivity contribution in [3.8, 4) is 0 Å². The average molecular weight is 278 g/mol. The highest BCUT2D eigenvalue weighted by Crippen LogP contribution is 2.09. The molecule has 1 aliphatic rings. The van der Waals surface area contributed by atoms with Crippen LogP contribution in [0.4, 0.5) is 0 Å². The minimum absolute atomic E-state index is 0.195. The van der Waals surface area contributed by atoms with Gasteiger partial charge in [-0.2, -0.15) is 0 Å². The van der Waals surface area contributed by atoms with Gasteiger partial charge in [0.15, 0.2) is 5.69 Å². The van der Waals surface area contributed by atoms with Crippen molar-refractivity contribution in [2.75, 3.05) is 26.2 Å². The van der Waals surface area contributed by atoms with Crippen LogP contribution < -0.4 is 0 Å². The monoisotopic (exact) mass is 278 g/mol. The van der Waals surface area contributed by atoms with Gasteiger partial charge in [0, 0.05) is 6.54 Å². The number of ether oxygens (including phenoxy) is 1. The lowest BCUT2D eigenvalue weighted by atomic mass is 10.3. The van der Waals surface area contributed by atoms with E-state index >= 15 is 0 Å². The average Bonchev–Trinajstić information content (AvgIpc) is 3.07. The lowest BCUT2D eigenvalue weighted by Gasteiger charge is -2.14. The first-order valence-electron chi connectivity index (χ1n) is 7.13. The second-order valence-corrected chi connectivity index (χ2v) is 5.04. The molecule has 0 saturated carbocycles. The molecule has 0 bridgehead atoms. The van der Waals surface area contributed by atoms with Gasteiger partial charge in [0.1, 0.15) is 6.61 Å². The van der Waals surface area contributed by atoms with E-state index in [2.05, 4.69) is 21.8 Å². The van der Waals surface area contributed by atoms with Crippen molar-refractivity contribution in [1.82, 2.24) is 19.9 Å². The van der Waals surface area contributed by atoms with Crippen LogP contribution in [0.3, 0.4) is 0 Å². The summed E-state index contributed by atoms with van der Waals surface area (Å²) in [5.41, 5.74) is 1.06. The Morgan fingerprint density at radius 2 is 2.15 bits per heavy atom. The first kappa shape index (κ1) is 14.7. The second-order valence-electron chi connectivity index (χ2n) is 5.04. The van der Waals surface area contributed by atoms with Crippen LogP contribution in [0.1, 0.15) is 35.4 Å². The Hall–Kier alpha value is -1.69. The summed E-state index contributed by atoms with van der Waals surface area (Å²) in [6.45, 7) is 9.82. The summed E-state index contributed by atoms with van der Waals surface area (Å²) in [7, 11) is 0. The number of esters is 1. The third-order valence-electron chi connectivity index (χ3n) is 3.55. The highest BCUT2D eigenvalue weighted by molar-refractivity contribution is 5.88. The molecule has 0 amide bonds. The van der Waals surface area contributed by atoms with Gasteiger partial charge in [0.25, 0.3) is 0 Å². The second kappa shape index (κ2) is 7.19. The summed E-state index contributed by atoms with van der Waals surface area (Å²) < 4.78 is 6.75. The zero-order chi connectivity index (χ0) is 14.4. The number of carbonyl (C=O) groups excluding carboxylic acids is 1. The molecular formula is C14H22N4O2. The SMILES string of the molecule is C=CCOC(=O)c1nnn(CCCN2CCCC2)c1C. The van der Waals surface area contributed by atoms with Gasteiger partial charge < -0.3 is 9.64 Å². The molecule has 20 heavy (non-hydrogen) atoms. The lowest BCUT2D eigenvalue weighted by Crippen LogP contribution is -2.22. The Morgan fingerprint density at radius 3 is 2.85 bits per heavy atom. The molecule has 1 saturated heterocycles. The fourth-order valence-corrected chi connectivity index (χ4v) is 2.41. The molecular weight excluding hydrogens is 256 g/mol. The van der Waals surface area contributed by atoms with Crippen LogP contribution in [-0.4, -0.2) is 52.1 Å². The molecule has 1 aromatic rings. The fraction of sp³-hybridized carbons (Fsp3) is 0.643. The van der Waals surface area contributed by atoms with Crippen molar-refractivity contribution in [2.24, 2.45) is 0 Å². The number of rotatable bonds is 7. The molecule has 110 valence electrons. The van der Waals surface area contributed by atoms with Gasteiger partial charge in [-0.15, -0.1) is 5.10 Å². The summed E-state index contributed by atoms with van der Waals surface area (Å²) in [4.78, 5) is 14.2. The van der Waals surface area contributed by atoms with E-state index in [1.165, 1.54) is 32.0 Å². The molecule has 0 aliphatic carbocycles. The molecule has 6 nitrogen and oxygen atoms in total. The van der Waals surface area contributed by atoms with Crippen molar-refractivity contribution in [3.63, 3.8) is 0 Å². The van der Waals surface area contributed by atoms with Crippen LogP contribution in [0.5, 0.6) is 0 Å². The van der Waals surface area contributed by atoms with E-state index in [1.54, 1.807) is 4.68 Å². The summed E-state index contributed by atoms with van der Waals surface area (Å²) in [5, 5.41) is 7.94. The number of aryl methyl sites for hydroxylation is 1. The van der Waals surface area contributed by atoms with Crippen LogP contribution in [0.25, 0.3) is 0 Å². The molecule has 1 aliphatic heterocycles. The number of carbonyl (C=O) groups is 1. The molecule has 0 unspecified atom stereocenters. The third kappa shape index (κ3) is 3.66. The maximum atomic E-state index is 11.7. The van der Waals surface area contributed by atoms with E-state index in [4.69, 9.17) is 4.74 Å². The number of aromatic nitrogens is 3. The van der Waals surface area contributed by atoms with Crippen LogP contribution in [0.2, 0.25) is 0 Å². The molecule has 1 fully saturated rings. The van der Waals surface area contributed by atoms with Gasteiger partial charge in [0.2, 0.25) is 0 Å². The predicted molar refractivity (Wildman–Crippen MR) is 75.5 cm³/mol. The highest BCUT2D eigenvalue weighted by atomic mass is 16.5. The van der Waals surface area contributed by atoms with Gasteiger partial charge in [-0.05, 0) is 45.8 Å². The van der Waals surface area contributed by atoms with Crippen molar-refractivity contribution in [3.05, 3.63) is 24.0 Å². The van der Waals surface area contributed by atoms with E-state index in [-0.39, 0.29) is 6.61 Å². The van der Waals surface area contributed by atoms with Gasteiger partial charge in [0.05, 0.1) is 5.69 Å². The third-order valence-corrected chi connectivity index (χ3v) is 3.55. The standard InChI is InChI=1S/C14H22N4O2/c1-3-11-20-14(19)13-12(2)18(16-15-13)10-6-9-17-7-4-5-8-17/h3H,1,4-11H2,2H3. The summed E-state index contributed by atoms with van der Waals surface area (Å²) in [5.74, 6) is -0.437. The maximum absolute atomic E-state index is 11.7. The van der Waals surface area contributed by atoms with Crippen LogP contribution >= 0.6 is 0 Å². The van der Waals surface area contributed by atoms with E-state index in [0.29, 0.717) is 5.69 Å². The normalized spacial score (nSPS) is 15.4. The van der Waals surface area contributed by atoms with Gasteiger partial charge in [-0.1, -0.05) is 17.9 Å². The van der Waals surface area contributed by atoms with Crippen LogP contribution in [-0.2, 0) is 11.3 Å². The molecule has 6 heteroatoms. The van der Waals surface area contributed by atoms with Crippen LogP contribution in [0, 0.1) is 6.92 Å². The minimum Gasteiger partial charge on any atom is -0.457 e. The summed E-state index contributed by atoms with van der Waals surface area (Å²) in [6.07, 6.45) is 5.17. The number of hydrogen-bond donors (Lipinski definition) is 0. The first-order valence-corrected chi connectivity index (χ1v) is 7.13. The summed E-state index contributed by atoms with van der Waals surface area (Å²) in [6, 6.07) is 0. The Labute approximate surface area is 119 Å². The van der Waals surface area contributed by atoms with Crippen molar-refractivity contribution < 1.29 is 9.53 Å². The maximum Gasteiger partial charge on any atom is 0.361 e. The molecule has 2 rings (SSSR count). The first-order chi connectivity index (χ1) is 9.72. The van der Waals surface area contributed by atoms with Crippen molar-refractivity contribution >= 4 is 5.97 Å². The predicted octanol–water partition coefficient (Wildman–Crippen LogP) is 1.42.